The summed E-state index contributed by atoms with van der Waals surface area (Å²) in [5.74, 6) is -0.314. The van der Waals surface area contributed by atoms with Crippen molar-refractivity contribution in [2.45, 2.75) is 26.4 Å². The SMILES string of the molecule is CC(C)(C)OC(=O)/C=C/c1ccccc1. The largest absolute Gasteiger partial charge is 0.457 e. The van der Waals surface area contributed by atoms with Gasteiger partial charge in [-0.2, -0.15) is 0 Å². The lowest BCUT2D eigenvalue weighted by Crippen LogP contribution is -2.22. The number of ether oxygens (including phenoxy) is 1. The smallest absolute Gasteiger partial charge is 0.331 e. The van der Waals surface area contributed by atoms with E-state index in [1.54, 1.807) is 6.08 Å². The summed E-state index contributed by atoms with van der Waals surface area (Å²) in [5.41, 5.74) is 0.557. The van der Waals surface area contributed by atoms with E-state index in [4.69, 9.17) is 4.74 Å². The van der Waals surface area contributed by atoms with Crippen molar-refractivity contribution in [2.24, 2.45) is 0 Å². The Bertz CT molecular complexity index is 345. The molecule has 0 spiro atoms. The quantitative estimate of drug-likeness (QED) is 0.546. The first-order chi connectivity index (χ1) is 6.97. The van der Waals surface area contributed by atoms with Gasteiger partial charge in [0.15, 0.2) is 0 Å². The molecule has 0 fully saturated rings. The molecule has 0 N–H and O–H groups in total. The molecule has 1 aromatic rings. The van der Waals surface area contributed by atoms with Crippen molar-refractivity contribution < 1.29 is 9.53 Å². The van der Waals surface area contributed by atoms with E-state index in [0.717, 1.165) is 5.56 Å². The fourth-order valence-electron chi connectivity index (χ4n) is 1.06. The second-order valence-electron chi connectivity index (χ2n) is 4.28. The Morgan fingerprint density at radius 1 is 1.20 bits per heavy atom. The van der Waals surface area contributed by atoms with Crippen LogP contribution in [0.25, 0.3) is 6.08 Å². The maximum Gasteiger partial charge on any atom is 0.331 e. The highest BCUT2D eigenvalue weighted by Gasteiger charge is 2.13. The summed E-state index contributed by atoms with van der Waals surface area (Å²) < 4.78 is 5.13. The van der Waals surface area contributed by atoms with Crippen LogP contribution in [0.5, 0.6) is 0 Å². The van der Waals surface area contributed by atoms with Gasteiger partial charge < -0.3 is 4.74 Å². The summed E-state index contributed by atoms with van der Waals surface area (Å²) in [7, 11) is 0. The van der Waals surface area contributed by atoms with Gasteiger partial charge in [0, 0.05) is 6.08 Å². The molecule has 0 aromatic heterocycles. The predicted octanol–water partition coefficient (Wildman–Crippen LogP) is 3.04. The van der Waals surface area contributed by atoms with Crippen LogP contribution in [0.4, 0.5) is 0 Å². The molecule has 0 unspecified atom stereocenters. The van der Waals surface area contributed by atoms with E-state index in [-0.39, 0.29) is 5.97 Å². The van der Waals surface area contributed by atoms with Gasteiger partial charge in [-0.05, 0) is 32.4 Å². The van der Waals surface area contributed by atoms with Gasteiger partial charge in [0.05, 0.1) is 0 Å². The van der Waals surface area contributed by atoms with Crippen molar-refractivity contribution in [1.82, 2.24) is 0 Å². The highest BCUT2D eigenvalue weighted by atomic mass is 16.6. The lowest BCUT2D eigenvalue weighted by atomic mass is 10.2. The normalized spacial score (nSPS) is 11.7. The molecule has 0 saturated carbocycles. The van der Waals surface area contributed by atoms with Crippen LogP contribution in [-0.4, -0.2) is 11.6 Å². The standard InChI is InChI=1S/C13H16O2/c1-13(2,3)15-12(14)10-9-11-7-5-4-6-8-11/h4-10H,1-3H3/b10-9+. The summed E-state index contributed by atoms with van der Waals surface area (Å²) in [6.45, 7) is 5.55. The topological polar surface area (TPSA) is 26.3 Å². The highest BCUT2D eigenvalue weighted by Crippen LogP contribution is 2.08. The summed E-state index contributed by atoms with van der Waals surface area (Å²) >= 11 is 0. The van der Waals surface area contributed by atoms with Gasteiger partial charge in [0.2, 0.25) is 0 Å². The summed E-state index contributed by atoms with van der Waals surface area (Å²) in [6, 6.07) is 9.65. The molecule has 2 heteroatoms. The zero-order chi connectivity index (χ0) is 11.3. The molecule has 0 aliphatic rings. The molecule has 0 aliphatic carbocycles. The van der Waals surface area contributed by atoms with E-state index >= 15 is 0 Å². The molecule has 0 heterocycles. The van der Waals surface area contributed by atoms with Crippen molar-refractivity contribution in [2.75, 3.05) is 0 Å². The minimum atomic E-state index is -0.432. The number of hydrogen-bond acceptors (Lipinski definition) is 2. The Hall–Kier alpha value is -1.57. The first kappa shape index (κ1) is 11.5. The molecule has 1 aromatic carbocycles. The Balaban J connectivity index is 2.56. The molecule has 0 saturated heterocycles. The van der Waals surface area contributed by atoms with Crippen LogP contribution in [0.3, 0.4) is 0 Å². The zero-order valence-electron chi connectivity index (χ0n) is 9.36. The van der Waals surface area contributed by atoms with Crippen molar-refractivity contribution in [3.63, 3.8) is 0 Å². The minimum absolute atomic E-state index is 0.314. The monoisotopic (exact) mass is 204 g/mol. The molecule has 2 nitrogen and oxygen atoms in total. The van der Waals surface area contributed by atoms with Gasteiger partial charge in [-0.25, -0.2) is 4.79 Å². The lowest BCUT2D eigenvalue weighted by Gasteiger charge is -2.17. The number of benzene rings is 1. The third-order valence-corrected chi connectivity index (χ3v) is 1.62. The number of hydrogen-bond donors (Lipinski definition) is 0. The van der Waals surface area contributed by atoms with Crippen LogP contribution in [0.1, 0.15) is 26.3 Å². The Kier molecular flexibility index (Phi) is 3.67. The number of esters is 1. The zero-order valence-corrected chi connectivity index (χ0v) is 9.36. The molecule has 0 bridgehead atoms. The average molecular weight is 204 g/mol. The van der Waals surface area contributed by atoms with Gasteiger partial charge >= 0.3 is 5.97 Å². The van der Waals surface area contributed by atoms with Crippen LogP contribution >= 0.6 is 0 Å². The number of rotatable bonds is 2. The molecule has 0 radical (unpaired) electrons. The second-order valence-corrected chi connectivity index (χ2v) is 4.28. The fraction of sp³-hybridized carbons (Fsp3) is 0.308. The van der Waals surface area contributed by atoms with Crippen LogP contribution < -0.4 is 0 Å². The molecular formula is C13H16O2. The Morgan fingerprint density at radius 2 is 1.80 bits per heavy atom. The predicted molar refractivity (Wildman–Crippen MR) is 61.3 cm³/mol. The Labute approximate surface area is 90.6 Å². The molecule has 0 atom stereocenters. The van der Waals surface area contributed by atoms with Crippen LogP contribution in [-0.2, 0) is 9.53 Å². The van der Waals surface area contributed by atoms with Gasteiger partial charge in [-0.15, -0.1) is 0 Å². The number of carbonyl (C=O) groups is 1. The fourth-order valence-corrected chi connectivity index (χ4v) is 1.06. The van der Waals surface area contributed by atoms with Crippen LogP contribution in [0, 0.1) is 0 Å². The maximum absolute atomic E-state index is 11.3. The summed E-state index contributed by atoms with van der Waals surface area (Å²) in [4.78, 5) is 11.3. The van der Waals surface area contributed by atoms with E-state index in [9.17, 15) is 4.79 Å². The van der Waals surface area contributed by atoms with Crippen molar-refractivity contribution in [1.29, 1.82) is 0 Å². The molecular weight excluding hydrogens is 188 g/mol. The van der Waals surface area contributed by atoms with E-state index in [1.807, 2.05) is 51.1 Å². The van der Waals surface area contributed by atoms with E-state index in [1.165, 1.54) is 6.08 Å². The molecule has 1 rings (SSSR count). The number of carbonyl (C=O) groups excluding carboxylic acids is 1. The van der Waals surface area contributed by atoms with Gasteiger partial charge in [-0.3, -0.25) is 0 Å². The van der Waals surface area contributed by atoms with E-state index in [0.29, 0.717) is 0 Å². The summed E-state index contributed by atoms with van der Waals surface area (Å²) in [6.07, 6.45) is 3.19. The molecule has 80 valence electrons. The maximum atomic E-state index is 11.3. The Morgan fingerprint density at radius 3 is 2.33 bits per heavy atom. The molecule has 0 aliphatic heterocycles. The van der Waals surface area contributed by atoms with Crippen LogP contribution in [0.2, 0.25) is 0 Å². The third kappa shape index (κ3) is 5.01. The van der Waals surface area contributed by atoms with E-state index < -0.39 is 5.60 Å². The van der Waals surface area contributed by atoms with Crippen molar-refractivity contribution in [3.8, 4) is 0 Å². The van der Waals surface area contributed by atoms with E-state index in [2.05, 4.69) is 0 Å². The minimum Gasteiger partial charge on any atom is -0.457 e. The molecule has 0 amide bonds. The highest BCUT2D eigenvalue weighted by molar-refractivity contribution is 5.87. The van der Waals surface area contributed by atoms with Crippen LogP contribution in [0.15, 0.2) is 36.4 Å². The summed E-state index contributed by atoms with van der Waals surface area (Å²) in [5, 5.41) is 0. The first-order valence-electron chi connectivity index (χ1n) is 4.93. The van der Waals surface area contributed by atoms with Gasteiger partial charge in [0.1, 0.15) is 5.60 Å². The lowest BCUT2D eigenvalue weighted by molar-refractivity contribution is -0.148. The van der Waals surface area contributed by atoms with Gasteiger partial charge in [0.25, 0.3) is 0 Å². The first-order valence-corrected chi connectivity index (χ1v) is 4.93. The van der Waals surface area contributed by atoms with Crippen molar-refractivity contribution >= 4 is 12.0 Å². The average Bonchev–Trinajstić information content (AvgIpc) is 2.14. The third-order valence-electron chi connectivity index (χ3n) is 1.62. The van der Waals surface area contributed by atoms with Crippen molar-refractivity contribution in [3.05, 3.63) is 42.0 Å². The molecule has 15 heavy (non-hydrogen) atoms. The van der Waals surface area contributed by atoms with Gasteiger partial charge in [-0.1, -0.05) is 30.3 Å². The second kappa shape index (κ2) is 4.78.